The highest BCUT2D eigenvalue weighted by Gasteiger charge is 2.31. The van der Waals surface area contributed by atoms with Crippen LogP contribution in [0.3, 0.4) is 0 Å². The molecule has 0 radical (unpaired) electrons. The van der Waals surface area contributed by atoms with Crippen molar-refractivity contribution in [3.8, 4) is 5.75 Å². The van der Waals surface area contributed by atoms with Crippen LogP contribution in [0.1, 0.15) is 29.5 Å². The Labute approximate surface area is 173 Å². The third kappa shape index (κ3) is 3.81. The van der Waals surface area contributed by atoms with Crippen LogP contribution in [0.15, 0.2) is 47.4 Å². The van der Waals surface area contributed by atoms with Crippen LogP contribution >= 0.6 is 0 Å². The molecule has 3 heterocycles. The van der Waals surface area contributed by atoms with Gasteiger partial charge in [0.05, 0.1) is 11.5 Å². The average molecular weight is 413 g/mol. The number of rotatable bonds is 4. The average Bonchev–Trinajstić information content (AvgIpc) is 3.22. The second-order valence-corrected chi connectivity index (χ2v) is 10.4. The van der Waals surface area contributed by atoms with Crippen LogP contribution in [-0.2, 0) is 29.4 Å². The summed E-state index contributed by atoms with van der Waals surface area (Å²) in [5.74, 6) is 1.39. The Hall–Kier alpha value is -1.89. The Morgan fingerprint density at radius 3 is 2.55 bits per heavy atom. The molecular formula is C23H28N2O3S. The van der Waals surface area contributed by atoms with E-state index in [2.05, 4.69) is 29.2 Å². The summed E-state index contributed by atoms with van der Waals surface area (Å²) in [7, 11) is -3.42. The first kappa shape index (κ1) is 19.1. The number of hydrogen-bond donors (Lipinski definition) is 0. The highest BCUT2D eigenvalue weighted by atomic mass is 32.2. The maximum atomic E-state index is 13.1. The monoisotopic (exact) mass is 412 g/mol. The van der Waals surface area contributed by atoms with Gasteiger partial charge in [0.2, 0.25) is 10.0 Å². The standard InChI is InChI=1S/C23H28N2O3S/c26-29(27,22-5-6-23-20(15-22)10-14-28-23)25-12-7-18(8-13-25)16-24-11-9-19-3-1-2-4-21(19)17-24/h1-6,15,18H,7-14,16-17H2. The van der Waals surface area contributed by atoms with Gasteiger partial charge in [-0.2, -0.15) is 4.31 Å². The lowest BCUT2D eigenvalue weighted by atomic mass is 9.94. The minimum atomic E-state index is -3.42. The van der Waals surface area contributed by atoms with Gasteiger partial charge in [0.25, 0.3) is 0 Å². The van der Waals surface area contributed by atoms with Crippen molar-refractivity contribution >= 4 is 10.0 Å². The number of sulfonamides is 1. The van der Waals surface area contributed by atoms with Crippen LogP contribution in [0.2, 0.25) is 0 Å². The maximum absolute atomic E-state index is 13.1. The van der Waals surface area contributed by atoms with Crippen molar-refractivity contribution in [1.82, 2.24) is 9.21 Å². The fraction of sp³-hybridized carbons (Fsp3) is 0.478. The molecule has 1 saturated heterocycles. The zero-order valence-electron chi connectivity index (χ0n) is 16.7. The minimum absolute atomic E-state index is 0.410. The van der Waals surface area contributed by atoms with Crippen LogP contribution in [0, 0.1) is 5.92 Å². The molecule has 0 unspecified atom stereocenters. The molecular weight excluding hydrogens is 384 g/mol. The van der Waals surface area contributed by atoms with Gasteiger partial charge in [0, 0.05) is 39.1 Å². The predicted octanol–water partition coefficient (Wildman–Crippen LogP) is 3.08. The van der Waals surface area contributed by atoms with E-state index >= 15 is 0 Å². The molecule has 0 saturated carbocycles. The molecule has 0 aliphatic carbocycles. The summed E-state index contributed by atoms with van der Waals surface area (Å²) in [6.07, 6.45) is 3.78. The van der Waals surface area contributed by atoms with E-state index in [4.69, 9.17) is 4.74 Å². The Morgan fingerprint density at radius 1 is 0.931 bits per heavy atom. The number of fused-ring (bicyclic) bond motifs is 2. The van der Waals surface area contributed by atoms with Crippen molar-refractivity contribution in [2.24, 2.45) is 5.92 Å². The van der Waals surface area contributed by atoms with Gasteiger partial charge in [-0.3, -0.25) is 4.90 Å². The van der Waals surface area contributed by atoms with Crippen molar-refractivity contribution < 1.29 is 13.2 Å². The number of hydrogen-bond acceptors (Lipinski definition) is 4. The van der Waals surface area contributed by atoms with Crippen LogP contribution in [0.5, 0.6) is 5.75 Å². The Morgan fingerprint density at radius 2 is 1.72 bits per heavy atom. The van der Waals surface area contributed by atoms with Gasteiger partial charge in [-0.1, -0.05) is 24.3 Å². The van der Waals surface area contributed by atoms with Crippen LogP contribution in [0.25, 0.3) is 0 Å². The second-order valence-electron chi connectivity index (χ2n) is 8.47. The molecule has 0 aromatic heterocycles. The summed E-state index contributed by atoms with van der Waals surface area (Å²) >= 11 is 0. The van der Waals surface area contributed by atoms with Gasteiger partial charge >= 0.3 is 0 Å². The molecule has 5 nitrogen and oxygen atoms in total. The Bertz CT molecular complexity index is 997. The topological polar surface area (TPSA) is 49.9 Å². The smallest absolute Gasteiger partial charge is 0.243 e. The maximum Gasteiger partial charge on any atom is 0.243 e. The minimum Gasteiger partial charge on any atom is -0.493 e. The Balaban J connectivity index is 1.19. The van der Waals surface area contributed by atoms with E-state index in [1.54, 1.807) is 22.5 Å². The largest absolute Gasteiger partial charge is 0.493 e. The van der Waals surface area contributed by atoms with Crippen molar-refractivity contribution in [2.75, 3.05) is 32.8 Å². The van der Waals surface area contributed by atoms with Crippen molar-refractivity contribution in [3.63, 3.8) is 0 Å². The summed E-state index contributed by atoms with van der Waals surface area (Å²) in [6.45, 7) is 5.07. The summed E-state index contributed by atoms with van der Waals surface area (Å²) in [4.78, 5) is 2.95. The van der Waals surface area contributed by atoms with Crippen LogP contribution in [0.4, 0.5) is 0 Å². The molecule has 0 spiro atoms. The summed E-state index contributed by atoms with van der Waals surface area (Å²) in [5.41, 5.74) is 3.93. The van der Waals surface area contributed by atoms with Gasteiger partial charge in [-0.15, -0.1) is 0 Å². The molecule has 5 rings (SSSR count). The first-order chi connectivity index (χ1) is 14.1. The molecule has 1 fully saturated rings. The number of benzene rings is 2. The number of nitrogens with zero attached hydrogens (tertiary/aromatic N) is 2. The first-order valence-corrected chi connectivity index (χ1v) is 12.1. The molecule has 154 valence electrons. The molecule has 0 bridgehead atoms. The van der Waals surface area contributed by atoms with E-state index in [-0.39, 0.29) is 0 Å². The van der Waals surface area contributed by atoms with Gasteiger partial charge in [-0.05, 0) is 60.1 Å². The zero-order valence-corrected chi connectivity index (χ0v) is 17.5. The molecule has 0 atom stereocenters. The summed E-state index contributed by atoms with van der Waals surface area (Å²) < 4.78 is 33.4. The number of piperidine rings is 1. The lowest BCUT2D eigenvalue weighted by Crippen LogP contribution is -2.42. The van der Waals surface area contributed by atoms with E-state index in [0.29, 0.717) is 30.5 Å². The molecule has 2 aromatic carbocycles. The van der Waals surface area contributed by atoms with Gasteiger partial charge < -0.3 is 4.74 Å². The van der Waals surface area contributed by atoms with E-state index < -0.39 is 10.0 Å². The highest BCUT2D eigenvalue weighted by molar-refractivity contribution is 7.89. The van der Waals surface area contributed by atoms with Crippen molar-refractivity contribution in [3.05, 3.63) is 59.2 Å². The molecule has 0 N–H and O–H groups in total. The van der Waals surface area contributed by atoms with Gasteiger partial charge in [0.15, 0.2) is 0 Å². The van der Waals surface area contributed by atoms with Crippen molar-refractivity contribution in [2.45, 2.75) is 37.1 Å². The molecule has 3 aliphatic heterocycles. The Kier molecular flexibility index (Phi) is 5.10. The van der Waals surface area contributed by atoms with Crippen molar-refractivity contribution in [1.29, 1.82) is 0 Å². The van der Waals surface area contributed by atoms with Gasteiger partial charge in [0.1, 0.15) is 5.75 Å². The fourth-order valence-electron chi connectivity index (χ4n) is 4.88. The molecule has 6 heteroatoms. The predicted molar refractivity (Wildman–Crippen MR) is 113 cm³/mol. The fourth-order valence-corrected chi connectivity index (χ4v) is 6.40. The van der Waals surface area contributed by atoms with E-state index in [9.17, 15) is 8.42 Å². The molecule has 0 amide bonds. The second kappa shape index (κ2) is 7.74. The van der Waals surface area contributed by atoms with Crippen LogP contribution in [-0.4, -0.2) is 50.4 Å². The first-order valence-electron chi connectivity index (χ1n) is 10.6. The zero-order chi connectivity index (χ0) is 19.8. The molecule has 3 aliphatic rings. The normalized spacial score (nSPS) is 20.8. The lowest BCUT2D eigenvalue weighted by molar-refractivity contribution is 0.171. The highest BCUT2D eigenvalue weighted by Crippen LogP contribution is 2.31. The van der Waals surface area contributed by atoms with E-state index in [1.165, 1.54) is 11.1 Å². The number of ether oxygens (including phenoxy) is 1. The molecule has 2 aromatic rings. The van der Waals surface area contributed by atoms with E-state index in [1.807, 2.05) is 0 Å². The van der Waals surface area contributed by atoms with Gasteiger partial charge in [-0.25, -0.2) is 8.42 Å². The quantitative estimate of drug-likeness (QED) is 0.774. The SMILES string of the molecule is O=S(=O)(c1ccc2c(c1)CCO2)N1CCC(CN2CCc3ccccc3C2)CC1. The van der Waals surface area contributed by atoms with Crippen LogP contribution < -0.4 is 4.74 Å². The third-order valence-electron chi connectivity index (χ3n) is 6.60. The summed E-state index contributed by atoms with van der Waals surface area (Å²) in [5, 5.41) is 0. The lowest BCUT2D eigenvalue weighted by Gasteiger charge is -2.36. The third-order valence-corrected chi connectivity index (χ3v) is 8.49. The molecule has 29 heavy (non-hydrogen) atoms. The summed E-state index contributed by atoms with van der Waals surface area (Å²) in [6, 6.07) is 14.0. The van der Waals surface area contributed by atoms with E-state index in [0.717, 1.165) is 56.6 Å².